The molecule has 1 aromatic carbocycles. The second-order valence-electron chi connectivity index (χ2n) is 8.42. The van der Waals surface area contributed by atoms with E-state index in [1.54, 1.807) is 12.1 Å². The van der Waals surface area contributed by atoms with Crippen LogP contribution in [0.25, 0.3) is 11.3 Å². The number of carbonyl (C=O) groups excluding carboxylic acids is 1. The van der Waals surface area contributed by atoms with Crippen molar-refractivity contribution in [2.75, 3.05) is 0 Å². The third kappa shape index (κ3) is 6.80. The van der Waals surface area contributed by atoms with Gasteiger partial charge in [-0.1, -0.05) is 32.9 Å². The van der Waals surface area contributed by atoms with Gasteiger partial charge in [-0.25, -0.2) is 0 Å². The second kappa shape index (κ2) is 11.3. The summed E-state index contributed by atoms with van der Waals surface area (Å²) in [5.74, 6) is 0.00000527. The van der Waals surface area contributed by atoms with E-state index in [2.05, 4.69) is 10.2 Å². The first kappa shape index (κ1) is 28.1. The van der Waals surface area contributed by atoms with Crippen molar-refractivity contribution < 1.29 is 22.7 Å². The van der Waals surface area contributed by atoms with Gasteiger partial charge < -0.3 is 10.5 Å². The van der Waals surface area contributed by atoms with E-state index in [9.17, 15) is 18.0 Å². The van der Waals surface area contributed by atoms with Crippen LogP contribution in [0, 0.1) is 11.8 Å². The number of rotatable bonds is 5. The Kier molecular flexibility index (Phi) is 9.93. The number of alkyl halides is 3. The van der Waals surface area contributed by atoms with Crippen molar-refractivity contribution in [1.82, 2.24) is 10.2 Å². The Labute approximate surface area is 198 Å². The molecule has 5 nitrogen and oxygen atoms in total. The first-order valence-corrected chi connectivity index (χ1v) is 10.0. The number of hydrogen-bond acceptors (Lipinski definition) is 5. The van der Waals surface area contributed by atoms with Gasteiger partial charge in [0.25, 0.3) is 0 Å². The molecule has 1 aliphatic carbocycles. The Balaban J connectivity index is 0.00000256. The summed E-state index contributed by atoms with van der Waals surface area (Å²) in [4.78, 5) is 12.5. The molecule has 1 aromatic heterocycles. The smallest absolute Gasteiger partial charge is 0.416 e. The molecule has 1 heterocycles. The Morgan fingerprint density at radius 2 is 1.91 bits per heavy atom. The molecule has 2 aromatic rings. The van der Waals surface area contributed by atoms with Crippen molar-refractivity contribution in [1.29, 1.82) is 0 Å². The SMILES string of the molecule is CC(C)C[C@H](N)C(=O)OC1CC(C)Cc2nnc(-c3cccc(C(F)(F)F)c3)cc21.Cl.Cl. The van der Waals surface area contributed by atoms with Crippen LogP contribution in [0.5, 0.6) is 0 Å². The van der Waals surface area contributed by atoms with Gasteiger partial charge in [-0.2, -0.15) is 23.4 Å². The van der Waals surface area contributed by atoms with Gasteiger partial charge in [0.15, 0.2) is 0 Å². The zero-order valence-corrected chi connectivity index (χ0v) is 19.7. The van der Waals surface area contributed by atoms with Gasteiger partial charge in [-0.3, -0.25) is 4.79 Å². The van der Waals surface area contributed by atoms with Gasteiger partial charge >= 0.3 is 12.1 Å². The minimum absolute atomic E-state index is 0. The van der Waals surface area contributed by atoms with Crippen LogP contribution in [0.3, 0.4) is 0 Å². The summed E-state index contributed by atoms with van der Waals surface area (Å²) >= 11 is 0. The minimum Gasteiger partial charge on any atom is -0.456 e. The van der Waals surface area contributed by atoms with E-state index < -0.39 is 29.9 Å². The number of nitrogens with zero attached hydrogens (tertiary/aromatic N) is 2. The van der Waals surface area contributed by atoms with Crippen LogP contribution in [0.4, 0.5) is 13.2 Å². The quantitative estimate of drug-likeness (QED) is 0.552. The molecule has 0 radical (unpaired) electrons. The predicted octanol–water partition coefficient (Wildman–Crippen LogP) is 5.55. The van der Waals surface area contributed by atoms with Gasteiger partial charge in [0.2, 0.25) is 0 Å². The third-order valence-electron chi connectivity index (χ3n) is 5.18. The molecule has 0 saturated heterocycles. The fraction of sp³-hybridized carbons (Fsp3) is 0.500. The van der Waals surface area contributed by atoms with Crippen LogP contribution in [0.15, 0.2) is 30.3 Å². The molecule has 3 rings (SSSR count). The normalized spacial score (nSPS) is 18.8. The Hall–Kier alpha value is -1.90. The Bertz CT molecular complexity index is 926. The predicted molar refractivity (Wildman–Crippen MR) is 121 cm³/mol. The summed E-state index contributed by atoms with van der Waals surface area (Å²) in [7, 11) is 0. The third-order valence-corrected chi connectivity index (χ3v) is 5.18. The summed E-state index contributed by atoms with van der Waals surface area (Å²) in [5.41, 5.74) is 7.19. The highest BCUT2D eigenvalue weighted by Gasteiger charge is 2.32. The van der Waals surface area contributed by atoms with E-state index in [1.165, 1.54) is 6.07 Å². The lowest BCUT2D eigenvalue weighted by Crippen LogP contribution is -2.35. The highest BCUT2D eigenvalue weighted by atomic mass is 35.5. The highest BCUT2D eigenvalue weighted by molar-refractivity contribution is 5.85. The molecule has 0 spiro atoms. The zero-order valence-electron chi connectivity index (χ0n) is 18.1. The van der Waals surface area contributed by atoms with Crippen LogP contribution >= 0.6 is 24.8 Å². The summed E-state index contributed by atoms with van der Waals surface area (Å²) in [6, 6.07) is 5.90. The van der Waals surface area contributed by atoms with E-state index in [4.69, 9.17) is 10.5 Å². The second-order valence-corrected chi connectivity index (χ2v) is 8.42. The van der Waals surface area contributed by atoms with Gasteiger partial charge in [0.05, 0.1) is 17.0 Å². The van der Waals surface area contributed by atoms with Crippen LogP contribution in [-0.2, 0) is 22.1 Å². The van der Waals surface area contributed by atoms with Gasteiger partial charge in [0.1, 0.15) is 12.1 Å². The van der Waals surface area contributed by atoms with E-state index in [0.29, 0.717) is 41.8 Å². The molecule has 178 valence electrons. The average molecular weight is 494 g/mol. The number of benzene rings is 1. The van der Waals surface area contributed by atoms with E-state index in [0.717, 1.165) is 12.1 Å². The highest BCUT2D eigenvalue weighted by Crippen LogP contribution is 2.37. The molecule has 1 aliphatic rings. The summed E-state index contributed by atoms with van der Waals surface area (Å²) in [6.07, 6.45) is -3.22. The van der Waals surface area contributed by atoms with Crippen LogP contribution in [-0.4, -0.2) is 22.2 Å². The van der Waals surface area contributed by atoms with Crippen molar-refractivity contribution in [3.8, 4) is 11.3 Å². The fourth-order valence-electron chi connectivity index (χ4n) is 3.71. The molecule has 10 heteroatoms. The zero-order chi connectivity index (χ0) is 22.1. The molecule has 3 atom stereocenters. The molecule has 2 unspecified atom stereocenters. The molecule has 2 N–H and O–H groups in total. The van der Waals surface area contributed by atoms with Crippen LogP contribution in [0.2, 0.25) is 0 Å². The number of fused-ring (bicyclic) bond motifs is 1. The largest absolute Gasteiger partial charge is 0.456 e. The molecule has 0 bridgehead atoms. The number of hydrogen-bond donors (Lipinski definition) is 1. The van der Waals surface area contributed by atoms with E-state index in [1.807, 2.05) is 20.8 Å². The molecule has 0 saturated carbocycles. The number of carbonyl (C=O) groups is 1. The van der Waals surface area contributed by atoms with Crippen molar-refractivity contribution in [3.05, 3.63) is 47.2 Å². The maximum Gasteiger partial charge on any atom is 0.416 e. The van der Waals surface area contributed by atoms with Crippen LogP contribution in [0.1, 0.15) is 56.5 Å². The lowest BCUT2D eigenvalue weighted by molar-refractivity contribution is -0.152. The number of aromatic nitrogens is 2. The first-order valence-electron chi connectivity index (χ1n) is 10.0. The summed E-state index contributed by atoms with van der Waals surface area (Å²) in [5, 5.41) is 8.36. The number of ether oxygens (including phenoxy) is 1. The van der Waals surface area contributed by atoms with E-state index in [-0.39, 0.29) is 36.6 Å². The van der Waals surface area contributed by atoms with Crippen molar-refractivity contribution in [3.63, 3.8) is 0 Å². The van der Waals surface area contributed by atoms with Gasteiger partial charge in [-0.05, 0) is 49.3 Å². The van der Waals surface area contributed by atoms with Crippen molar-refractivity contribution >= 4 is 30.8 Å². The minimum atomic E-state index is -4.45. The number of nitrogens with two attached hydrogens (primary N) is 1. The summed E-state index contributed by atoms with van der Waals surface area (Å²) < 4.78 is 44.9. The van der Waals surface area contributed by atoms with Crippen molar-refractivity contribution in [2.45, 2.75) is 58.4 Å². The fourth-order valence-corrected chi connectivity index (χ4v) is 3.71. The molecular formula is C22H28Cl2F3N3O2. The maximum absolute atomic E-state index is 13.1. The number of esters is 1. The molecular weight excluding hydrogens is 466 g/mol. The number of halogens is 5. The molecule has 0 amide bonds. The average Bonchev–Trinajstić information content (AvgIpc) is 2.66. The van der Waals surface area contributed by atoms with E-state index >= 15 is 0 Å². The maximum atomic E-state index is 13.1. The lowest BCUT2D eigenvalue weighted by Gasteiger charge is -2.29. The van der Waals surface area contributed by atoms with Gasteiger partial charge in [0, 0.05) is 11.1 Å². The topological polar surface area (TPSA) is 78.1 Å². The summed E-state index contributed by atoms with van der Waals surface area (Å²) in [6.45, 7) is 5.98. The first-order chi connectivity index (χ1) is 14.0. The Morgan fingerprint density at radius 3 is 2.53 bits per heavy atom. The van der Waals surface area contributed by atoms with Crippen LogP contribution < -0.4 is 5.73 Å². The van der Waals surface area contributed by atoms with Crippen molar-refractivity contribution in [2.24, 2.45) is 17.6 Å². The van der Waals surface area contributed by atoms with Gasteiger partial charge in [-0.15, -0.1) is 24.8 Å². The monoisotopic (exact) mass is 493 g/mol. The standard InChI is InChI=1S/C22H26F3N3O2.2ClH/c1-12(2)7-17(26)21(29)30-20-9-13(3)8-19-16(20)11-18(27-28-19)14-5-4-6-15(10-14)22(23,24)25;;/h4-6,10-13,17,20H,7-9,26H2,1-3H3;2*1H/t13?,17-,20?;;/m0../s1. The Morgan fingerprint density at radius 1 is 1.22 bits per heavy atom. The molecule has 32 heavy (non-hydrogen) atoms. The molecule has 0 fully saturated rings. The molecule has 0 aliphatic heterocycles. The lowest BCUT2D eigenvalue weighted by atomic mass is 9.85.